The van der Waals surface area contributed by atoms with Crippen molar-refractivity contribution >= 4 is 23.5 Å². The van der Waals surface area contributed by atoms with Crippen molar-refractivity contribution in [3.63, 3.8) is 0 Å². The number of nitrogens with zero attached hydrogens (tertiary/aromatic N) is 1. The van der Waals surface area contributed by atoms with E-state index in [2.05, 4.69) is 0 Å². The lowest BCUT2D eigenvalue weighted by Crippen LogP contribution is -2.34. The summed E-state index contributed by atoms with van der Waals surface area (Å²) in [5, 5.41) is 0.620. The quantitative estimate of drug-likeness (QED) is 0.595. The first-order valence-corrected chi connectivity index (χ1v) is 8.84. The number of ether oxygens (including phenoxy) is 4. The molecule has 0 aliphatic carbocycles. The fourth-order valence-electron chi connectivity index (χ4n) is 2.24. The zero-order valence-electron chi connectivity index (χ0n) is 15.9. The Morgan fingerprint density at radius 1 is 1.00 bits per heavy atom. The molecule has 2 rings (SSSR count). The molecule has 7 nitrogen and oxygen atoms in total. The van der Waals surface area contributed by atoms with E-state index < -0.39 is 5.97 Å². The van der Waals surface area contributed by atoms with Gasteiger partial charge in [-0.2, -0.15) is 0 Å². The highest BCUT2D eigenvalue weighted by Gasteiger charge is 2.17. The highest BCUT2D eigenvalue weighted by molar-refractivity contribution is 6.30. The fourth-order valence-corrected chi connectivity index (χ4v) is 2.36. The van der Waals surface area contributed by atoms with Gasteiger partial charge in [0, 0.05) is 18.1 Å². The summed E-state index contributed by atoms with van der Waals surface area (Å²) >= 11 is 5.81. The molecule has 0 spiro atoms. The molecule has 0 radical (unpaired) electrons. The van der Waals surface area contributed by atoms with Gasteiger partial charge in [-0.25, -0.2) is 4.79 Å². The molecule has 0 heterocycles. The van der Waals surface area contributed by atoms with E-state index in [1.165, 1.54) is 25.2 Å². The molecular weight excluding hydrogens is 386 g/mol. The van der Waals surface area contributed by atoms with Crippen LogP contribution in [0.5, 0.6) is 17.2 Å². The predicted molar refractivity (Wildman–Crippen MR) is 104 cm³/mol. The number of benzene rings is 2. The summed E-state index contributed by atoms with van der Waals surface area (Å²) in [6.45, 7) is 0.250. The Hall–Kier alpha value is -2.93. The number of hydrogen-bond donors (Lipinski definition) is 0. The number of methoxy groups -OCH3 is 2. The summed E-state index contributed by atoms with van der Waals surface area (Å²) in [5.41, 5.74) is 0.213. The van der Waals surface area contributed by atoms with Crippen LogP contribution in [0, 0.1) is 0 Å². The van der Waals surface area contributed by atoms with Gasteiger partial charge in [0.25, 0.3) is 5.91 Å². The number of hydrogen-bond acceptors (Lipinski definition) is 6. The van der Waals surface area contributed by atoms with Crippen LogP contribution in [0.1, 0.15) is 10.4 Å². The number of carbonyl (C=O) groups excluding carboxylic acids is 2. The number of carbonyl (C=O) groups is 2. The van der Waals surface area contributed by atoms with Crippen LogP contribution in [0.2, 0.25) is 5.02 Å². The fraction of sp³-hybridized carbons (Fsp3) is 0.300. The number of halogens is 1. The molecule has 1 amide bonds. The Kier molecular flexibility index (Phi) is 7.95. The van der Waals surface area contributed by atoms with Crippen LogP contribution in [0.3, 0.4) is 0 Å². The lowest BCUT2D eigenvalue weighted by Gasteiger charge is -2.17. The smallest absolute Gasteiger partial charge is 0.342 e. The molecule has 0 aliphatic heterocycles. The van der Waals surface area contributed by atoms with E-state index >= 15 is 0 Å². The van der Waals surface area contributed by atoms with Gasteiger partial charge in [-0.3, -0.25) is 4.79 Å². The predicted octanol–water partition coefficient (Wildman–Crippen LogP) is 3.05. The molecule has 0 fully saturated rings. The molecule has 0 aromatic heterocycles. The van der Waals surface area contributed by atoms with Crippen LogP contribution in [0.15, 0.2) is 42.5 Å². The van der Waals surface area contributed by atoms with Gasteiger partial charge in [-0.15, -0.1) is 0 Å². The van der Waals surface area contributed by atoms with E-state index in [1.54, 1.807) is 43.4 Å². The van der Waals surface area contributed by atoms with E-state index in [1.807, 2.05) is 0 Å². The van der Waals surface area contributed by atoms with E-state index in [0.29, 0.717) is 35.4 Å². The Morgan fingerprint density at radius 2 is 1.68 bits per heavy atom. The van der Waals surface area contributed by atoms with Crippen LogP contribution >= 0.6 is 11.6 Å². The van der Waals surface area contributed by atoms with Gasteiger partial charge in [0.05, 0.1) is 20.8 Å². The van der Waals surface area contributed by atoms with Crippen LogP contribution in [0.25, 0.3) is 0 Å². The first-order chi connectivity index (χ1) is 13.4. The third-order valence-electron chi connectivity index (χ3n) is 3.89. The van der Waals surface area contributed by atoms with Gasteiger partial charge >= 0.3 is 5.97 Å². The minimum atomic E-state index is -0.654. The Morgan fingerprint density at radius 3 is 2.32 bits per heavy atom. The van der Waals surface area contributed by atoms with Crippen LogP contribution in [-0.2, 0) is 9.53 Å². The lowest BCUT2D eigenvalue weighted by atomic mass is 10.2. The molecular formula is C20H22ClNO6. The molecule has 28 heavy (non-hydrogen) atoms. The highest BCUT2D eigenvalue weighted by atomic mass is 35.5. The molecule has 0 unspecified atom stereocenters. The number of likely N-dealkylation sites (N-methyl/N-ethyl adjacent to an activating group) is 1. The molecule has 0 aliphatic rings. The van der Waals surface area contributed by atoms with Crippen molar-refractivity contribution in [2.75, 3.05) is 41.0 Å². The number of amides is 1. The van der Waals surface area contributed by atoms with Gasteiger partial charge in [0.15, 0.2) is 6.61 Å². The molecule has 2 aromatic carbocycles. The molecule has 0 saturated carbocycles. The van der Waals surface area contributed by atoms with E-state index in [4.69, 9.17) is 30.5 Å². The second-order valence-corrected chi connectivity index (χ2v) is 6.20. The van der Waals surface area contributed by atoms with Crippen molar-refractivity contribution < 1.29 is 28.5 Å². The Balaban J connectivity index is 1.80. The molecule has 0 bridgehead atoms. The number of esters is 1. The van der Waals surface area contributed by atoms with Gasteiger partial charge in [-0.05, 0) is 36.4 Å². The van der Waals surface area contributed by atoms with Crippen LogP contribution in [-0.4, -0.2) is 57.8 Å². The average molecular weight is 408 g/mol. The maximum Gasteiger partial charge on any atom is 0.342 e. The maximum atomic E-state index is 12.2. The molecule has 0 atom stereocenters. The lowest BCUT2D eigenvalue weighted by molar-refractivity contribution is -0.133. The summed E-state index contributed by atoms with van der Waals surface area (Å²) in [4.78, 5) is 25.8. The summed E-state index contributed by atoms with van der Waals surface area (Å²) in [5.74, 6) is 0.508. The Bertz CT molecular complexity index is 809. The van der Waals surface area contributed by atoms with Gasteiger partial charge in [0.1, 0.15) is 29.4 Å². The van der Waals surface area contributed by atoms with E-state index in [9.17, 15) is 9.59 Å². The summed E-state index contributed by atoms with van der Waals surface area (Å²) in [6.07, 6.45) is 0. The zero-order valence-corrected chi connectivity index (χ0v) is 16.7. The van der Waals surface area contributed by atoms with Crippen LogP contribution < -0.4 is 14.2 Å². The largest absolute Gasteiger partial charge is 0.497 e. The van der Waals surface area contributed by atoms with E-state index in [-0.39, 0.29) is 18.1 Å². The van der Waals surface area contributed by atoms with Crippen LogP contribution in [0.4, 0.5) is 0 Å². The normalized spacial score (nSPS) is 10.1. The summed E-state index contributed by atoms with van der Waals surface area (Å²) in [6, 6.07) is 11.6. The Labute approximate surface area is 168 Å². The average Bonchev–Trinajstić information content (AvgIpc) is 2.72. The molecule has 8 heteroatoms. The van der Waals surface area contributed by atoms with Gasteiger partial charge in [0.2, 0.25) is 0 Å². The minimum Gasteiger partial charge on any atom is -0.497 e. The molecule has 2 aromatic rings. The van der Waals surface area contributed by atoms with Crippen molar-refractivity contribution in [2.45, 2.75) is 0 Å². The second-order valence-electron chi connectivity index (χ2n) is 5.76. The molecule has 0 saturated heterocycles. The highest BCUT2D eigenvalue weighted by Crippen LogP contribution is 2.25. The maximum absolute atomic E-state index is 12.2. The number of rotatable bonds is 9. The monoisotopic (exact) mass is 407 g/mol. The zero-order chi connectivity index (χ0) is 20.5. The molecule has 0 N–H and O–H groups in total. The topological polar surface area (TPSA) is 74.3 Å². The summed E-state index contributed by atoms with van der Waals surface area (Å²) in [7, 11) is 4.55. The minimum absolute atomic E-state index is 0.213. The first-order valence-electron chi connectivity index (χ1n) is 8.46. The summed E-state index contributed by atoms with van der Waals surface area (Å²) < 4.78 is 20.9. The first kappa shape index (κ1) is 21.4. The second kappa shape index (κ2) is 10.4. The molecule has 150 valence electrons. The third kappa shape index (κ3) is 6.06. The van der Waals surface area contributed by atoms with Crippen molar-refractivity contribution in [1.29, 1.82) is 0 Å². The van der Waals surface area contributed by atoms with Gasteiger partial charge < -0.3 is 23.8 Å². The van der Waals surface area contributed by atoms with Gasteiger partial charge in [-0.1, -0.05) is 11.6 Å². The van der Waals surface area contributed by atoms with Crippen molar-refractivity contribution in [2.24, 2.45) is 0 Å². The third-order valence-corrected chi connectivity index (χ3v) is 4.14. The van der Waals surface area contributed by atoms with Crippen molar-refractivity contribution in [3.8, 4) is 17.2 Å². The van der Waals surface area contributed by atoms with Crippen molar-refractivity contribution in [1.82, 2.24) is 4.90 Å². The SMILES string of the molecule is COc1ccc(C(=O)OCC(=O)N(C)CCOc2ccc(Cl)cc2)c(OC)c1. The standard InChI is InChI=1S/C20H22ClNO6/c1-22(10-11-27-15-6-4-14(21)5-7-15)19(23)13-28-20(24)17-9-8-16(25-2)12-18(17)26-3/h4-9,12H,10-11,13H2,1-3H3. The van der Waals surface area contributed by atoms with E-state index in [0.717, 1.165) is 0 Å². The van der Waals surface area contributed by atoms with Crippen molar-refractivity contribution in [3.05, 3.63) is 53.1 Å².